The molecule has 1 heterocycles. The maximum Gasteiger partial charge on any atom is 0.341 e. The van der Waals surface area contributed by atoms with Crippen LogP contribution in [0.3, 0.4) is 0 Å². The van der Waals surface area contributed by atoms with E-state index < -0.39 is 5.97 Å². The number of aromatic carboxylic acids is 1. The van der Waals surface area contributed by atoms with E-state index in [1.165, 1.54) is 10.9 Å². The van der Waals surface area contributed by atoms with Crippen LogP contribution in [0, 0.1) is 6.92 Å². The van der Waals surface area contributed by atoms with E-state index in [1.807, 2.05) is 19.1 Å². The number of nitrogens with zero attached hydrogens (tertiary/aromatic N) is 3. The van der Waals surface area contributed by atoms with Gasteiger partial charge < -0.3 is 15.7 Å². The largest absolute Gasteiger partial charge is 0.477 e. The van der Waals surface area contributed by atoms with Gasteiger partial charge >= 0.3 is 5.97 Å². The third-order valence-electron chi connectivity index (χ3n) is 3.57. The van der Waals surface area contributed by atoms with Crippen LogP contribution >= 0.6 is 0 Å². The Bertz CT molecular complexity index is 660. The topological polar surface area (TPSA) is 84.4 Å². The Kier molecular flexibility index (Phi) is 4.16. The molecule has 0 aliphatic carbocycles. The Morgan fingerprint density at radius 1 is 1.38 bits per heavy atom. The van der Waals surface area contributed by atoms with E-state index in [0.29, 0.717) is 0 Å². The molecule has 0 saturated heterocycles. The van der Waals surface area contributed by atoms with Crippen molar-refractivity contribution in [3.05, 3.63) is 35.5 Å². The number of carboxylic acid groups (broad SMARTS) is 1. The highest BCUT2D eigenvalue weighted by Crippen LogP contribution is 2.24. The van der Waals surface area contributed by atoms with Gasteiger partial charge in [0, 0.05) is 18.8 Å². The van der Waals surface area contributed by atoms with Crippen LogP contribution in [0.4, 0.5) is 11.5 Å². The summed E-state index contributed by atoms with van der Waals surface area (Å²) in [7, 11) is 0. The van der Waals surface area contributed by atoms with Gasteiger partial charge in [0.05, 0.1) is 11.9 Å². The summed E-state index contributed by atoms with van der Waals surface area (Å²) in [6.07, 6.45) is 1.27. The fraction of sp³-hybridized carbons (Fsp3) is 0.333. The quantitative estimate of drug-likeness (QED) is 0.882. The second-order valence-electron chi connectivity index (χ2n) is 4.80. The molecule has 0 spiro atoms. The molecular weight excluding hydrogens is 268 g/mol. The number of carbonyl (C=O) groups is 1. The van der Waals surface area contributed by atoms with Crippen molar-refractivity contribution in [1.82, 2.24) is 9.78 Å². The number of hydrogen-bond donors (Lipinski definition) is 2. The molecule has 0 fully saturated rings. The van der Waals surface area contributed by atoms with Gasteiger partial charge in [-0.05, 0) is 44.5 Å². The van der Waals surface area contributed by atoms with Crippen molar-refractivity contribution in [3.8, 4) is 5.69 Å². The predicted octanol–water partition coefficient (Wildman–Crippen LogP) is 2.31. The van der Waals surface area contributed by atoms with E-state index in [4.69, 9.17) is 10.8 Å². The molecule has 0 radical (unpaired) electrons. The zero-order valence-electron chi connectivity index (χ0n) is 12.5. The average molecular weight is 288 g/mol. The van der Waals surface area contributed by atoms with Gasteiger partial charge in [0.15, 0.2) is 0 Å². The van der Waals surface area contributed by atoms with Gasteiger partial charge in [0.1, 0.15) is 11.4 Å². The molecule has 0 atom stereocenters. The first-order chi connectivity index (χ1) is 9.99. The minimum Gasteiger partial charge on any atom is -0.477 e. The summed E-state index contributed by atoms with van der Waals surface area (Å²) < 4.78 is 1.46. The lowest BCUT2D eigenvalue weighted by atomic mass is 10.1. The fourth-order valence-corrected chi connectivity index (χ4v) is 2.38. The van der Waals surface area contributed by atoms with Crippen molar-refractivity contribution in [2.24, 2.45) is 0 Å². The number of benzene rings is 1. The third-order valence-corrected chi connectivity index (χ3v) is 3.57. The molecule has 0 aliphatic heterocycles. The molecule has 3 N–H and O–H groups in total. The van der Waals surface area contributed by atoms with Crippen molar-refractivity contribution < 1.29 is 9.90 Å². The van der Waals surface area contributed by atoms with Gasteiger partial charge in [-0.1, -0.05) is 0 Å². The van der Waals surface area contributed by atoms with Crippen LogP contribution in [0.5, 0.6) is 0 Å². The summed E-state index contributed by atoms with van der Waals surface area (Å²) >= 11 is 0. The van der Waals surface area contributed by atoms with Crippen molar-refractivity contribution in [3.63, 3.8) is 0 Å². The fourth-order valence-electron chi connectivity index (χ4n) is 2.38. The SMILES string of the molecule is CCN(CC)c1ccc(-n2ncc(C(=O)O)c2N)c(C)c1. The lowest BCUT2D eigenvalue weighted by Gasteiger charge is -2.22. The molecule has 112 valence electrons. The number of hydrogen-bond acceptors (Lipinski definition) is 4. The Morgan fingerprint density at radius 3 is 2.52 bits per heavy atom. The number of aromatic nitrogens is 2. The minimum atomic E-state index is -1.07. The Hall–Kier alpha value is -2.50. The van der Waals surface area contributed by atoms with Crippen LogP contribution < -0.4 is 10.6 Å². The molecule has 1 aromatic heterocycles. The molecule has 0 bridgehead atoms. The van der Waals surface area contributed by atoms with Crippen LogP contribution in [-0.4, -0.2) is 33.9 Å². The summed E-state index contributed by atoms with van der Waals surface area (Å²) in [5, 5.41) is 13.1. The summed E-state index contributed by atoms with van der Waals surface area (Å²) in [6.45, 7) is 8.04. The summed E-state index contributed by atoms with van der Waals surface area (Å²) in [4.78, 5) is 13.3. The van der Waals surface area contributed by atoms with Gasteiger partial charge in [-0.25, -0.2) is 9.48 Å². The number of aryl methyl sites for hydroxylation is 1. The smallest absolute Gasteiger partial charge is 0.341 e. The average Bonchev–Trinajstić information content (AvgIpc) is 2.82. The number of nitrogens with two attached hydrogens (primary N) is 1. The van der Waals surface area contributed by atoms with Crippen LogP contribution in [0.2, 0.25) is 0 Å². The highest BCUT2D eigenvalue weighted by atomic mass is 16.4. The molecule has 0 unspecified atom stereocenters. The van der Waals surface area contributed by atoms with Gasteiger partial charge in [0.25, 0.3) is 0 Å². The van der Waals surface area contributed by atoms with E-state index in [-0.39, 0.29) is 11.4 Å². The number of nitrogen functional groups attached to an aromatic ring is 1. The van der Waals surface area contributed by atoms with Crippen LogP contribution in [0.15, 0.2) is 24.4 Å². The monoisotopic (exact) mass is 288 g/mol. The summed E-state index contributed by atoms with van der Waals surface area (Å²) in [5.41, 5.74) is 8.79. The van der Waals surface area contributed by atoms with Crippen LogP contribution in [0.1, 0.15) is 29.8 Å². The van der Waals surface area contributed by atoms with Crippen LogP contribution in [-0.2, 0) is 0 Å². The molecule has 0 aliphatic rings. The molecule has 2 aromatic rings. The van der Waals surface area contributed by atoms with E-state index in [0.717, 1.165) is 30.0 Å². The lowest BCUT2D eigenvalue weighted by Crippen LogP contribution is -2.22. The number of carboxylic acids is 1. The van der Waals surface area contributed by atoms with E-state index in [1.54, 1.807) is 0 Å². The van der Waals surface area contributed by atoms with Crippen molar-refractivity contribution in [1.29, 1.82) is 0 Å². The Morgan fingerprint density at radius 2 is 2.05 bits per heavy atom. The van der Waals surface area contributed by atoms with E-state index in [2.05, 4.69) is 29.9 Å². The zero-order valence-corrected chi connectivity index (χ0v) is 12.5. The van der Waals surface area contributed by atoms with E-state index >= 15 is 0 Å². The van der Waals surface area contributed by atoms with E-state index in [9.17, 15) is 4.79 Å². The highest BCUT2D eigenvalue weighted by Gasteiger charge is 2.16. The first-order valence-electron chi connectivity index (χ1n) is 6.92. The highest BCUT2D eigenvalue weighted by molar-refractivity contribution is 5.92. The molecular formula is C15H20N4O2. The second kappa shape index (κ2) is 5.87. The molecule has 2 rings (SSSR count). The van der Waals surface area contributed by atoms with Crippen molar-refractivity contribution in [2.75, 3.05) is 23.7 Å². The normalized spacial score (nSPS) is 10.6. The predicted molar refractivity (Wildman–Crippen MR) is 83.2 cm³/mol. The van der Waals surface area contributed by atoms with Crippen LogP contribution in [0.25, 0.3) is 5.69 Å². The summed E-state index contributed by atoms with van der Waals surface area (Å²) in [6, 6.07) is 5.97. The maximum absolute atomic E-state index is 11.0. The standard InChI is InChI=1S/C15H20N4O2/c1-4-18(5-2)11-6-7-13(10(3)8-11)19-14(16)12(9-17-19)15(20)21/h6-9H,4-5,16H2,1-3H3,(H,20,21). The van der Waals surface area contributed by atoms with Crippen molar-refractivity contribution >= 4 is 17.5 Å². The van der Waals surface area contributed by atoms with Gasteiger partial charge in [-0.15, -0.1) is 0 Å². The molecule has 6 heteroatoms. The Labute approximate surface area is 123 Å². The number of rotatable bonds is 5. The number of anilines is 2. The molecule has 1 aromatic carbocycles. The lowest BCUT2D eigenvalue weighted by molar-refractivity contribution is 0.0698. The maximum atomic E-state index is 11.0. The summed E-state index contributed by atoms with van der Waals surface area (Å²) in [5.74, 6) is -0.933. The van der Waals surface area contributed by atoms with Gasteiger partial charge in [-0.2, -0.15) is 5.10 Å². The molecule has 0 amide bonds. The van der Waals surface area contributed by atoms with Gasteiger partial charge in [-0.3, -0.25) is 0 Å². The van der Waals surface area contributed by atoms with Gasteiger partial charge in [0.2, 0.25) is 0 Å². The van der Waals surface area contributed by atoms with Crippen molar-refractivity contribution in [2.45, 2.75) is 20.8 Å². The first kappa shape index (κ1) is 14.9. The first-order valence-corrected chi connectivity index (χ1v) is 6.92. The third kappa shape index (κ3) is 2.69. The zero-order chi connectivity index (χ0) is 15.6. The molecule has 0 saturated carbocycles. The molecule has 21 heavy (non-hydrogen) atoms. The minimum absolute atomic E-state index is 0.0159. The second-order valence-corrected chi connectivity index (χ2v) is 4.80. The molecule has 6 nitrogen and oxygen atoms in total. The Balaban J connectivity index is 2.44.